The lowest BCUT2D eigenvalue weighted by Gasteiger charge is -2.14. The minimum absolute atomic E-state index is 0.272. The topological polar surface area (TPSA) is 49.8 Å². The van der Waals surface area contributed by atoms with Gasteiger partial charge >= 0.3 is 5.97 Å². The van der Waals surface area contributed by atoms with Gasteiger partial charge in [-0.05, 0) is 13.3 Å². The van der Waals surface area contributed by atoms with Crippen molar-refractivity contribution in [3.63, 3.8) is 0 Å². The van der Waals surface area contributed by atoms with Crippen molar-refractivity contribution >= 4 is 5.97 Å². The van der Waals surface area contributed by atoms with E-state index in [2.05, 4.69) is 4.74 Å². The maximum atomic E-state index is 10.8. The average Bonchev–Trinajstić information content (AvgIpc) is 2.62. The summed E-state index contributed by atoms with van der Waals surface area (Å²) in [6.07, 6.45) is 3.84. The number of hydrogen-bond donors (Lipinski definition) is 1. The predicted octanol–water partition coefficient (Wildman–Crippen LogP) is 0.376. The molecule has 2 unspecified atom stereocenters. The predicted molar refractivity (Wildman–Crippen MR) is 52.5 cm³/mol. The third-order valence-electron chi connectivity index (χ3n) is 2.56. The highest BCUT2D eigenvalue weighted by molar-refractivity contribution is 5.81. The summed E-state index contributed by atoms with van der Waals surface area (Å²) in [5.74, 6) is -0.0252. The van der Waals surface area contributed by atoms with Crippen LogP contribution in [-0.2, 0) is 9.53 Å². The number of methoxy groups -OCH3 is 1. The first-order chi connectivity index (χ1) is 6.63. The molecule has 1 heterocycles. The Morgan fingerprint density at radius 3 is 2.93 bits per heavy atom. The van der Waals surface area contributed by atoms with Crippen LogP contribution in [0.15, 0.2) is 12.3 Å². The van der Waals surface area contributed by atoms with Crippen LogP contribution in [-0.4, -0.2) is 42.3 Å². The van der Waals surface area contributed by atoms with Gasteiger partial charge in [0.2, 0.25) is 0 Å². The lowest BCUT2D eigenvalue weighted by atomic mass is 10.0. The van der Waals surface area contributed by atoms with Gasteiger partial charge in [-0.2, -0.15) is 0 Å². The molecule has 1 rings (SSSR count). The fourth-order valence-electron chi connectivity index (χ4n) is 1.58. The molecule has 0 aromatic heterocycles. The second kappa shape index (κ2) is 5.00. The van der Waals surface area contributed by atoms with Gasteiger partial charge in [-0.25, -0.2) is 4.79 Å². The fourth-order valence-corrected chi connectivity index (χ4v) is 1.58. The molecule has 2 atom stereocenters. The summed E-state index contributed by atoms with van der Waals surface area (Å²) in [5, 5.41) is 9.35. The van der Waals surface area contributed by atoms with Gasteiger partial charge < -0.3 is 14.7 Å². The molecule has 0 aliphatic carbocycles. The monoisotopic (exact) mass is 199 g/mol. The zero-order valence-corrected chi connectivity index (χ0v) is 8.64. The van der Waals surface area contributed by atoms with Gasteiger partial charge in [0.05, 0.1) is 13.2 Å². The van der Waals surface area contributed by atoms with E-state index in [-0.39, 0.29) is 12.1 Å². The second-order valence-electron chi connectivity index (χ2n) is 3.62. The lowest BCUT2D eigenvalue weighted by Crippen LogP contribution is -2.20. The van der Waals surface area contributed by atoms with E-state index in [0.29, 0.717) is 5.92 Å². The summed E-state index contributed by atoms with van der Waals surface area (Å²) >= 11 is 0. The Morgan fingerprint density at radius 2 is 2.43 bits per heavy atom. The van der Waals surface area contributed by atoms with E-state index in [4.69, 9.17) is 0 Å². The van der Waals surface area contributed by atoms with Crippen molar-refractivity contribution in [3.8, 4) is 0 Å². The highest BCUT2D eigenvalue weighted by atomic mass is 16.5. The summed E-state index contributed by atoms with van der Waals surface area (Å²) in [7, 11) is 1.36. The number of aliphatic hydroxyl groups excluding tert-OH is 1. The van der Waals surface area contributed by atoms with Crippen LogP contribution in [0.2, 0.25) is 0 Å². The van der Waals surface area contributed by atoms with Crippen molar-refractivity contribution in [2.24, 2.45) is 5.92 Å². The molecule has 80 valence electrons. The van der Waals surface area contributed by atoms with Gasteiger partial charge in [0.25, 0.3) is 0 Å². The summed E-state index contributed by atoms with van der Waals surface area (Å²) < 4.78 is 4.48. The van der Waals surface area contributed by atoms with Crippen LogP contribution < -0.4 is 0 Å². The number of hydrogen-bond acceptors (Lipinski definition) is 4. The molecule has 14 heavy (non-hydrogen) atoms. The number of esters is 1. The molecule has 0 aromatic carbocycles. The smallest absolute Gasteiger partial charge is 0.331 e. The highest BCUT2D eigenvalue weighted by Crippen LogP contribution is 2.19. The maximum Gasteiger partial charge on any atom is 0.331 e. The molecular formula is C10H17NO3. The van der Waals surface area contributed by atoms with Crippen LogP contribution in [0, 0.1) is 5.92 Å². The van der Waals surface area contributed by atoms with E-state index in [9.17, 15) is 9.90 Å². The third kappa shape index (κ3) is 3.03. The van der Waals surface area contributed by atoms with Crippen LogP contribution in [0.4, 0.5) is 0 Å². The Morgan fingerprint density at radius 1 is 1.71 bits per heavy atom. The minimum atomic E-state index is -0.342. The summed E-state index contributed by atoms with van der Waals surface area (Å²) in [6, 6.07) is 0. The van der Waals surface area contributed by atoms with Gasteiger partial charge in [0.15, 0.2) is 0 Å². The Balaban J connectivity index is 2.35. The molecule has 0 radical (unpaired) electrons. The Bertz CT molecular complexity index is 225. The van der Waals surface area contributed by atoms with Gasteiger partial charge in [-0.15, -0.1) is 0 Å². The molecule has 0 amide bonds. The van der Waals surface area contributed by atoms with Gasteiger partial charge in [-0.3, -0.25) is 0 Å². The number of rotatable bonds is 3. The van der Waals surface area contributed by atoms with Crippen LogP contribution in [0.3, 0.4) is 0 Å². The van der Waals surface area contributed by atoms with Crippen LogP contribution in [0.5, 0.6) is 0 Å². The quantitative estimate of drug-likeness (QED) is 0.527. The van der Waals surface area contributed by atoms with Crippen LogP contribution >= 0.6 is 0 Å². The summed E-state index contributed by atoms with van der Waals surface area (Å²) in [6.45, 7) is 3.51. The molecule has 1 fully saturated rings. The van der Waals surface area contributed by atoms with E-state index < -0.39 is 0 Å². The first kappa shape index (κ1) is 11.0. The Kier molecular flexibility index (Phi) is 3.95. The Labute approximate surface area is 84.2 Å². The summed E-state index contributed by atoms with van der Waals surface area (Å²) in [4.78, 5) is 12.8. The molecule has 1 N–H and O–H groups in total. The van der Waals surface area contributed by atoms with Crippen molar-refractivity contribution < 1.29 is 14.6 Å². The number of carbonyl (C=O) groups excluding carboxylic acids is 1. The molecule has 0 bridgehead atoms. The average molecular weight is 199 g/mol. The molecule has 1 aliphatic heterocycles. The van der Waals surface area contributed by atoms with Crippen molar-refractivity contribution in [3.05, 3.63) is 12.3 Å². The van der Waals surface area contributed by atoms with E-state index >= 15 is 0 Å². The molecule has 4 nitrogen and oxygen atoms in total. The molecular weight excluding hydrogens is 182 g/mol. The van der Waals surface area contributed by atoms with Crippen molar-refractivity contribution in [2.45, 2.75) is 19.4 Å². The highest BCUT2D eigenvalue weighted by Gasteiger charge is 2.23. The third-order valence-corrected chi connectivity index (χ3v) is 2.56. The van der Waals surface area contributed by atoms with E-state index in [1.165, 1.54) is 13.2 Å². The van der Waals surface area contributed by atoms with Gasteiger partial charge in [0, 0.05) is 31.3 Å². The van der Waals surface area contributed by atoms with Crippen LogP contribution in [0.1, 0.15) is 13.3 Å². The molecule has 0 aromatic rings. The first-order valence-electron chi connectivity index (χ1n) is 4.81. The number of aliphatic hydroxyl groups is 1. The zero-order valence-electron chi connectivity index (χ0n) is 8.64. The number of carbonyl (C=O) groups is 1. The molecule has 4 heteroatoms. The Hall–Kier alpha value is -1.03. The van der Waals surface area contributed by atoms with Gasteiger partial charge in [-0.1, -0.05) is 0 Å². The number of likely N-dealkylation sites (tertiary alicyclic amines) is 1. The van der Waals surface area contributed by atoms with E-state index in [1.54, 1.807) is 13.1 Å². The van der Waals surface area contributed by atoms with Crippen molar-refractivity contribution in [1.29, 1.82) is 0 Å². The first-order valence-corrected chi connectivity index (χ1v) is 4.81. The molecule has 1 aliphatic rings. The van der Waals surface area contributed by atoms with E-state index in [0.717, 1.165) is 19.5 Å². The number of nitrogens with zero attached hydrogens (tertiary/aromatic N) is 1. The van der Waals surface area contributed by atoms with Crippen molar-refractivity contribution in [2.75, 3.05) is 20.2 Å². The van der Waals surface area contributed by atoms with Gasteiger partial charge in [0.1, 0.15) is 0 Å². The normalized spacial score (nSPS) is 24.2. The van der Waals surface area contributed by atoms with Crippen molar-refractivity contribution in [1.82, 2.24) is 4.90 Å². The second-order valence-corrected chi connectivity index (χ2v) is 3.62. The SMILES string of the molecule is COC(=O)/C=C/N1CCC(C(C)O)C1. The summed E-state index contributed by atoms with van der Waals surface area (Å²) in [5.41, 5.74) is 0. The van der Waals surface area contributed by atoms with E-state index in [1.807, 2.05) is 4.90 Å². The standard InChI is InChI=1S/C10H17NO3/c1-8(12)9-3-5-11(7-9)6-4-10(13)14-2/h4,6,8-9,12H,3,5,7H2,1-2H3/b6-4+. The molecule has 0 spiro atoms. The lowest BCUT2D eigenvalue weighted by molar-refractivity contribution is -0.134. The zero-order chi connectivity index (χ0) is 10.6. The van der Waals surface area contributed by atoms with Crippen LogP contribution in [0.25, 0.3) is 0 Å². The molecule has 0 saturated carbocycles. The number of ether oxygens (including phenoxy) is 1. The minimum Gasteiger partial charge on any atom is -0.466 e. The molecule has 1 saturated heterocycles. The largest absolute Gasteiger partial charge is 0.466 e. The maximum absolute atomic E-state index is 10.8. The fraction of sp³-hybridized carbons (Fsp3) is 0.700.